The summed E-state index contributed by atoms with van der Waals surface area (Å²) in [4.78, 5) is 37.8. The second-order valence-corrected chi connectivity index (χ2v) is 2.40. The predicted molar refractivity (Wildman–Crippen MR) is 41.2 cm³/mol. The molecule has 1 unspecified atom stereocenters. The Morgan fingerprint density at radius 3 is 1.72 bits per heavy atom. The number of carboxylic acids is 2. The van der Waals surface area contributed by atoms with E-state index < -0.39 is 24.4 Å². The molecule has 0 amide bonds. The Bertz CT molecular complexity index is 257. The third kappa shape index (κ3) is 19.6. The van der Waals surface area contributed by atoms with Crippen molar-refractivity contribution in [3.63, 3.8) is 0 Å². The van der Waals surface area contributed by atoms with Crippen molar-refractivity contribution < 1.29 is 118 Å². The quantitative estimate of drug-likeness (QED) is 0.363. The summed E-state index contributed by atoms with van der Waals surface area (Å²) >= 11 is 0. The molecule has 1 atom stereocenters. The molecule has 0 aliphatic carbocycles. The minimum absolute atomic E-state index is 0. The molecule has 0 bridgehead atoms. The van der Waals surface area contributed by atoms with Crippen molar-refractivity contribution in [1.82, 2.24) is 4.90 Å². The van der Waals surface area contributed by atoms with E-state index in [-0.39, 0.29) is 94.8 Å². The first-order chi connectivity index (χ1) is 6.90. The van der Waals surface area contributed by atoms with Gasteiger partial charge in [0, 0.05) is 18.4 Å². The smallest absolute Gasteiger partial charge is 0.550 e. The van der Waals surface area contributed by atoms with Crippen LogP contribution < -0.4 is 98.9 Å². The summed E-state index contributed by atoms with van der Waals surface area (Å²) in [6, 6.07) is -1.21. The molecule has 0 radical (unpaired) electrons. The van der Waals surface area contributed by atoms with E-state index in [1.165, 1.54) is 0 Å². The number of hydrogen-bond donors (Lipinski definition) is 0. The van der Waals surface area contributed by atoms with E-state index in [9.17, 15) is 19.8 Å². The van der Waals surface area contributed by atoms with Gasteiger partial charge in [-0.05, 0) is 6.54 Å². The van der Waals surface area contributed by atoms with Crippen molar-refractivity contribution in [1.29, 1.82) is 0 Å². The summed E-state index contributed by atoms with van der Waals surface area (Å²) in [5.41, 5.74) is 0. The molecule has 0 saturated carbocycles. The maximum atomic E-state index is 10.4. The van der Waals surface area contributed by atoms with Gasteiger partial charge in [-0.1, -0.05) is 6.92 Å². The number of likely N-dealkylation sites (N-methyl/N-ethyl adjacent to an activating group) is 1. The van der Waals surface area contributed by atoms with E-state index in [0.29, 0.717) is 6.54 Å². The number of aliphatic carboxylic acids is 2. The van der Waals surface area contributed by atoms with Crippen LogP contribution in [0.4, 0.5) is 0 Å². The monoisotopic (exact) mass is 285 g/mol. The molecule has 18 heavy (non-hydrogen) atoms. The minimum Gasteiger partial charge on any atom is -0.550 e. The second-order valence-electron chi connectivity index (χ2n) is 2.40. The third-order valence-corrected chi connectivity index (χ3v) is 1.48. The van der Waals surface area contributed by atoms with Crippen LogP contribution in [0.1, 0.15) is 13.3 Å². The van der Waals surface area contributed by atoms with Crippen molar-refractivity contribution in [2.24, 2.45) is 0 Å². The number of carbonyl (C=O) groups is 2. The topological polar surface area (TPSA) is 118 Å². The maximum Gasteiger partial charge on any atom is 1.00 e. The summed E-state index contributed by atoms with van der Waals surface area (Å²) in [6.45, 7) is 2.00. The average Bonchev–Trinajstić information content (AvgIpc) is 2.13. The number of nitrogens with zero attached hydrogens (tertiary/aromatic N) is 1. The predicted octanol–water partition coefficient (Wildman–Crippen LogP) is -12.2. The van der Waals surface area contributed by atoms with Crippen LogP contribution in [0, 0.1) is 7.05 Å². The molecule has 0 aliphatic heterocycles. The Balaban J connectivity index is -0.0000000852. The van der Waals surface area contributed by atoms with Gasteiger partial charge in [0.05, 0.1) is 5.97 Å². The van der Waals surface area contributed by atoms with E-state index in [2.05, 4.69) is 7.05 Å². The van der Waals surface area contributed by atoms with Crippen LogP contribution in [0.15, 0.2) is 0 Å². The molecular weight excluding hydrogens is 275 g/mol. The van der Waals surface area contributed by atoms with Gasteiger partial charge in [0.1, 0.15) is 0 Å². The molecule has 0 N–H and O–H groups in total. The summed E-state index contributed by atoms with van der Waals surface area (Å²) < 4.78 is 0. The number of hydrogen-bond acceptors (Lipinski definition) is 7. The standard InChI is InChI=1S/C7H12NO4.CO2.3Na/c1-3-8(2)5(7(11)12)4-6(9)10;2-1-3;;;/h5H,2-4H2,1H3,(H,9,10)(H,11,12);;;;/q-1;;3*+1/p-2. The first kappa shape index (κ1) is 31.6. The van der Waals surface area contributed by atoms with Gasteiger partial charge in [0.25, 0.3) is 0 Å². The van der Waals surface area contributed by atoms with Crippen molar-refractivity contribution in [2.75, 3.05) is 6.54 Å². The van der Waals surface area contributed by atoms with Crippen molar-refractivity contribution in [3.8, 4) is 0 Å². The fraction of sp³-hybridized carbons (Fsp3) is 0.500. The Morgan fingerprint density at radius 1 is 1.22 bits per heavy atom. The molecule has 0 rings (SSSR count). The van der Waals surface area contributed by atoms with Gasteiger partial charge in [-0.2, -0.15) is 9.59 Å². The zero-order valence-corrected chi connectivity index (χ0v) is 17.1. The fourth-order valence-corrected chi connectivity index (χ4v) is 0.740. The average molecular weight is 285 g/mol. The Morgan fingerprint density at radius 2 is 1.56 bits per heavy atom. The third-order valence-electron chi connectivity index (χ3n) is 1.48. The van der Waals surface area contributed by atoms with Gasteiger partial charge in [0.2, 0.25) is 0 Å². The molecule has 0 aliphatic rings. The molecule has 0 heterocycles. The van der Waals surface area contributed by atoms with Crippen molar-refractivity contribution in [3.05, 3.63) is 7.05 Å². The molecule has 10 heteroatoms. The van der Waals surface area contributed by atoms with Gasteiger partial charge < -0.3 is 24.7 Å². The molecule has 0 saturated heterocycles. The van der Waals surface area contributed by atoms with E-state index in [1.807, 2.05) is 0 Å². The Hall–Kier alpha value is 1.28. The van der Waals surface area contributed by atoms with Crippen LogP contribution >= 0.6 is 0 Å². The zero-order valence-electron chi connectivity index (χ0n) is 11.1. The number of rotatable bonds is 5. The number of carboxylic acid groups (broad SMARTS) is 2. The van der Waals surface area contributed by atoms with E-state index in [0.717, 1.165) is 4.90 Å². The summed E-state index contributed by atoms with van der Waals surface area (Å²) in [5, 5.41) is 20.4. The maximum absolute atomic E-state index is 10.4. The molecule has 0 aromatic rings. The second kappa shape index (κ2) is 20.6. The number of carbonyl (C=O) groups excluding carboxylic acids is 4. The van der Waals surface area contributed by atoms with Crippen LogP contribution in [0.3, 0.4) is 0 Å². The van der Waals surface area contributed by atoms with Crippen LogP contribution in [-0.4, -0.2) is 35.6 Å². The normalized spacial score (nSPS) is 9.06. The fourth-order valence-electron chi connectivity index (χ4n) is 0.740. The van der Waals surface area contributed by atoms with Crippen molar-refractivity contribution in [2.45, 2.75) is 19.4 Å². The molecule has 0 spiro atoms. The summed E-state index contributed by atoms with van der Waals surface area (Å²) in [6.07, 6.45) is -0.348. The van der Waals surface area contributed by atoms with Crippen LogP contribution in [0.2, 0.25) is 0 Å². The van der Waals surface area contributed by atoms with Crippen molar-refractivity contribution >= 4 is 18.1 Å². The van der Waals surface area contributed by atoms with E-state index >= 15 is 0 Å². The molecule has 86 valence electrons. The van der Waals surface area contributed by atoms with Crippen LogP contribution in [-0.2, 0) is 19.2 Å². The molecule has 0 aromatic heterocycles. The van der Waals surface area contributed by atoms with Gasteiger partial charge in [0.15, 0.2) is 0 Å². The van der Waals surface area contributed by atoms with E-state index in [4.69, 9.17) is 9.59 Å². The summed E-state index contributed by atoms with van der Waals surface area (Å²) in [7, 11) is 3.35. The van der Waals surface area contributed by atoms with E-state index in [1.54, 1.807) is 6.92 Å². The zero-order chi connectivity index (χ0) is 12.4. The first-order valence-corrected chi connectivity index (χ1v) is 3.87. The minimum atomic E-state index is -1.45. The van der Waals surface area contributed by atoms with Gasteiger partial charge in [-0.25, -0.2) is 0 Å². The van der Waals surface area contributed by atoms with Gasteiger partial charge in [-0.3, -0.25) is 7.05 Å². The Kier molecular flexibility index (Phi) is 36.1. The van der Waals surface area contributed by atoms with Crippen LogP contribution in [0.5, 0.6) is 0 Å². The molecule has 0 fully saturated rings. The molecule has 0 aromatic carbocycles. The van der Waals surface area contributed by atoms with Crippen LogP contribution in [0.25, 0.3) is 0 Å². The summed E-state index contributed by atoms with van der Waals surface area (Å²) in [5.74, 6) is -2.87. The van der Waals surface area contributed by atoms with Gasteiger partial charge in [-0.15, -0.1) is 0 Å². The largest absolute Gasteiger partial charge is 1.00 e. The molecule has 7 nitrogen and oxygen atoms in total. The first-order valence-electron chi connectivity index (χ1n) is 3.87. The SMILES string of the molecule is O=C=O.[CH2-]N(CC)C(CC(=O)[O-])C(=O)[O-].[Na+].[Na+].[Na+]. The molecular formula is C8H10NNa3O6. The Labute approximate surface area is 172 Å². The van der Waals surface area contributed by atoms with Gasteiger partial charge >= 0.3 is 94.8 Å².